The summed E-state index contributed by atoms with van der Waals surface area (Å²) >= 11 is 0. The van der Waals surface area contributed by atoms with Crippen molar-refractivity contribution in [1.82, 2.24) is 0 Å². The minimum atomic E-state index is -0.218. The molecule has 1 aromatic carbocycles. The predicted octanol–water partition coefficient (Wildman–Crippen LogP) is 3.13. The molecule has 0 amide bonds. The Morgan fingerprint density at radius 2 is 2.00 bits per heavy atom. The van der Waals surface area contributed by atoms with Gasteiger partial charge < -0.3 is 4.74 Å². The summed E-state index contributed by atoms with van der Waals surface area (Å²) in [5, 5.41) is 8.82. The van der Waals surface area contributed by atoms with Crippen molar-refractivity contribution in [3.05, 3.63) is 35.4 Å². The van der Waals surface area contributed by atoms with Gasteiger partial charge in [-0.1, -0.05) is 29.8 Å². The monoisotopic (exact) mass is 201 g/mol. The third-order valence-electron chi connectivity index (χ3n) is 2.85. The summed E-state index contributed by atoms with van der Waals surface area (Å²) in [4.78, 5) is 0. The number of hydrogen-bond acceptors (Lipinski definition) is 2. The van der Waals surface area contributed by atoms with Crippen molar-refractivity contribution in [3.63, 3.8) is 0 Å². The van der Waals surface area contributed by atoms with Gasteiger partial charge in [0.1, 0.15) is 6.10 Å². The number of ether oxygens (including phenoxy) is 1. The first-order valence-corrected chi connectivity index (χ1v) is 5.41. The van der Waals surface area contributed by atoms with E-state index >= 15 is 0 Å². The molecule has 0 aromatic heterocycles. The van der Waals surface area contributed by atoms with E-state index in [0.29, 0.717) is 0 Å². The molecular formula is C13H15NO. The molecule has 0 radical (unpaired) electrons. The maximum atomic E-state index is 8.82. The van der Waals surface area contributed by atoms with E-state index in [4.69, 9.17) is 10.00 Å². The van der Waals surface area contributed by atoms with Crippen molar-refractivity contribution in [2.45, 2.75) is 38.4 Å². The van der Waals surface area contributed by atoms with E-state index in [1.54, 1.807) is 0 Å². The van der Waals surface area contributed by atoms with Crippen LogP contribution in [0.2, 0.25) is 0 Å². The Kier molecular flexibility index (Phi) is 3.03. The highest BCUT2D eigenvalue weighted by Gasteiger charge is 2.22. The molecule has 1 aliphatic heterocycles. The predicted molar refractivity (Wildman–Crippen MR) is 58.3 cm³/mol. The fourth-order valence-electron chi connectivity index (χ4n) is 1.94. The Hall–Kier alpha value is -1.33. The van der Waals surface area contributed by atoms with Crippen molar-refractivity contribution in [1.29, 1.82) is 5.26 Å². The van der Waals surface area contributed by atoms with Crippen LogP contribution in [-0.2, 0) is 4.74 Å². The molecule has 78 valence electrons. The molecule has 0 bridgehead atoms. The summed E-state index contributed by atoms with van der Waals surface area (Å²) in [5.41, 5.74) is 2.45. The maximum Gasteiger partial charge on any atom is 0.144 e. The Balaban J connectivity index is 2.10. The lowest BCUT2D eigenvalue weighted by Crippen LogP contribution is -2.20. The molecular weight excluding hydrogens is 186 g/mol. The quantitative estimate of drug-likeness (QED) is 0.699. The normalized spacial score (nSPS) is 25.9. The first-order valence-electron chi connectivity index (χ1n) is 5.41. The third-order valence-corrected chi connectivity index (χ3v) is 2.85. The van der Waals surface area contributed by atoms with Gasteiger partial charge in [0.15, 0.2) is 0 Å². The van der Waals surface area contributed by atoms with Gasteiger partial charge >= 0.3 is 0 Å². The zero-order chi connectivity index (χ0) is 10.7. The molecule has 1 unspecified atom stereocenters. The topological polar surface area (TPSA) is 33.0 Å². The Morgan fingerprint density at radius 3 is 2.67 bits per heavy atom. The molecule has 0 spiro atoms. The summed E-state index contributed by atoms with van der Waals surface area (Å²) < 4.78 is 5.70. The summed E-state index contributed by atoms with van der Waals surface area (Å²) in [6.45, 7) is 2.07. The number of rotatable bonds is 1. The molecule has 2 atom stereocenters. The number of nitrogens with zero attached hydrogens (tertiary/aromatic N) is 1. The van der Waals surface area contributed by atoms with Crippen LogP contribution in [0.5, 0.6) is 0 Å². The van der Waals surface area contributed by atoms with E-state index in [1.165, 1.54) is 11.1 Å². The minimum absolute atomic E-state index is 0.115. The van der Waals surface area contributed by atoms with Gasteiger partial charge in [-0.25, -0.2) is 0 Å². The number of benzene rings is 1. The lowest BCUT2D eigenvalue weighted by Gasteiger charge is -2.26. The van der Waals surface area contributed by atoms with Gasteiger partial charge in [-0.2, -0.15) is 5.26 Å². The lowest BCUT2D eigenvalue weighted by atomic mass is 9.98. The van der Waals surface area contributed by atoms with Crippen molar-refractivity contribution >= 4 is 0 Å². The summed E-state index contributed by atoms with van der Waals surface area (Å²) in [6, 6.07) is 10.6. The van der Waals surface area contributed by atoms with Crippen LogP contribution in [-0.4, -0.2) is 6.10 Å². The number of aryl methyl sites for hydroxylation is 1. The largest absolute Gasteiger partial charge is 0.355 e. The molecule has 1 fully saturated rings. The van der Waals surface area contributed by atoms with Gasteiger partial charge in [0.25, 0.3) is 0 Å². The van der Waals surface area contributed by atoms with Crippen LogP contribution >= 0.6 is 0 Å². The van der Waals surface area contributed by atoms with E-state index in [2.05, 4.69) is 37.3 Å². The molecule has 0 N–H and O–H groups in total. The summed E-state index contributed by atoms with van der Waals surface area (Å²) in [7, 11) is 0. The minimum Gasteiger partial charge on any atom is -0.355 e. The van der Waals surface area contributed by atoms with Crippen LogP contribution in [0, 0.1) is 18.3 Å². The van der Waals surface area contributed by atoms with Crippen molar-refractivity contribution in [2.75, 3.05) is 0 Å². The molecule has 1 saturated heterocycles. The van der Waals surface area contributed by atoms with E-state index in [0.717, 1.165) is 19.3 Å². The van der Waals surface area contributed by atoms with Gasteiger partial charge in [0, 0.05) is 0 Å². The highest BCUT2D eigenvalue weighted by Crippen LogP contribution is 2.30. The fourth-order valence-corrected chi connectivity index (χ4v) is 1.94. The Labute approximate surface area is 90.5 Å². The highest BCUT2D eigenvalue weighted by atomic mass is 16.5. The Morgan fingerprint density at radius 1 is 1.27 bits per heavy atom. The SMILES string of the molecule is Cc1ccc([C@H]2CCCC(C#N)O2)cc1. The highest BCUT2D eigenvalue weighted by molar-refractivity contribution is 5.23. The van der Waals surface area contributed by atoms with Crippen LogP contribution in [0.15, 0.2) is 24.3 Å². The molecule has 1 heterocycles. The number of hydrogen-bond donors (Lipinski definition) is 0. The second kappa shape index (κ2) is 4.46. The molecule has 15 heavy (non-hydrogen) atoms. The van der Waals surface area contributed by atoms with Gasteiger partial charge in [0.2, 0.25) is 0 Å². The molecule has 2 heteroatoms. The van der Waals surface area contributed by atoms with Crippen molar-refractivity contribution in [3.8, 4) is 6.07 Å². The van der Waals surface area contributed by atoms with E-state index in [-0.39, 0.29) is 12.2 Å². The maximum absolute atomic E-state index is 8.82. The smallest absolute Gasteiger partial charge is 0.144 e. The van der Waals surface area contributed by atoms with Crippen molar-refractivity contribution < 1.29 is 4.74 Å². The van der Waals surface area contributed by atoms with Gasteiger partial charge in [-0.3, -0.25) is 0 Å². The lowest BCUT2D eigenvalue weighted by molar-refractivity contribution is -0.0228. The first-order chi connectivity index (χ1) is 7.29. The Bertz CT molecular complexity index is 363. The fraction of sp³-hybridized carbons (Fsp3) is 0.462. The summed E-state index contributed by atoms with van der Waals surface area (Å²) in [6.07, 6.45) is 2.88. The van der Waals surface area contributed by atoms with Crippen molar-refractivity contribution in [2.24, 2.45) is 0 Å². The molecule has 1 aliphatic rings. The van der Waals surface area contributed by atoms with Crippen LogP contribution in [0.25, 0.3) is 0 Å². The van der Waals surface area contributed by atoms with E-state index in [9.17, 15) is 0 Å². The first kappa shape index (κ1) is 10.2. The van der Waals surface area contributed by atoms with E-state index < -0.39 is 0 Å². The molecule has 2 rings (SSSR count). The second-order valence-corrected chi connectivity index (χ2v) is 4.08. The average molecular weight is 201 g/mol. The van der Waals surface area contributed by atoms with Crippen LogP contribution in [0.1, 0.15) is 36.5 Å². The standard InChI is InChI=1S/C13H15NO/c1-10-5-7-11(8-6-10)13-4-2-3-12(9-14)15-13/h5-8,12-13H,2-4H2,1H3/t12?,13-/m1/s1. The number of nitriles is 1. The molecule has 0 saturated carbocycles. The van der Waals surface area contributed by atoms with E-state index in [1.807, 2.05) is 0 Å². The molecule has 1 aromatic rings. The van der Waals surface area contributed by atoms with Gasteiger partial charge in [-0.05, 0) is 31.7 Å². The van der Waals surface area contributed by atoms with Crippen LogP contribution in [0.3, 0.4) is 0 Å². The second-order valence-electron chi connectivity index (χ2n) is 4.08. The van der Waals surface area contributed by atoms with Gasteiger partial charge in [0.05, 0.1) is 12.2 Å². The zero-order valence-electron chi connectivity index (χ0n) is 8.94. The van der Waals surface area contributed by atoms with Gasteiger partial charge in [-0.15, -0.1) is 0 Å². The molecule has 2 nitrogen and oxygen atoms in total. The third kappa shape index (κ3) is 2.37. The zero-order valence-corrected chi connectivity index (χ0v) is 8.94. The average Bonchev–Trinajstić information content (AvgIpc) is 2.30. The van der Waals surface area contributed by atoms with Crippen LogP contribution < -0.4 is 0 Å². The molecule has 0 aliphatic carbocycles. The summed E-state index contributed by atoms with van der Waals surface area (Å²) in [5.74, 6) is 0. The van der Waals surface area contributed by atoms with Crippen LogP contribution in [0.4, 0.5) is 0 Å².